The SMILES string of the molecule is COC1CCC(N2CC(OC)C2)CC1. The molecule has 0 bridgehead atoms. The summed E-state index contributed by atoms with van der Waals surface area (Å²) in [5, 5.41) is 0. The Hall–Kier alpha value is -0.120. The van der Waals surface area contributed by atoms with Crippen LogP contribution in [0.25, 0.3) is 0 Å². The molecule has 0 atom stereocenters. The lowest BCUT2D eigenvalue weighted by molar-refractivity contribution is -0.0662. The van der Waals surface area contributed by atoms with Crippen LogP contribution < -0.4 is 0 Å². The average molecular weight is 199 g/mol. The molecule has 3 heteroatoms. The van der Waals surface area contributed by atoms with Gasteiger partial charge in [-0.3, -0.25) is 4.90 Å². The van der Waals surface area contributed by atoms with Crippen molar-refractivity contribution in [2.75, 3.05) is 27.3 Å². The van der Waals surface area contributed by atoms with Crippen LogP contribution in [0.5, 0.6) is 0 Å². The van der Waals surface area contributed by atoms with Gasteiger partial charge in [-0.25, -0.2) is 0 Å². The van der Waals surface area contributed by atoms with Gasteiger partial charge in [-0.2, -0.15) is 0 Å². The lowest BCUT2D eigenvalue weighted by atomic mass is 9.90. The van der Waals surface area contributed by atoms with Crippen LogP contribution in [0.1, 0.15) is 25.7 Å². The van der Waals surface area contributed by atoms with Gasteiger partial charge in [0.25, 0.3) is 0 Å². The van der Waals surface area contributed by atoms with E-state index in [1.54, 1.807) is 0 Å². The van der Waals surface area contributed by atoms with Crippen molar-refractivity contribution in [2.24, 2.45) is 0 Å². The molecule has 0 N–H and O–H groups in total. The lowest BCUT2D eigenvalue weighted by Gasteiger charge is -2.45. The summed E-state index contributed by atoms with van der Waals surface area (Å²) in [5.74, 6) is 0. The van der Waals surface area contributed by atoms with Crippen LogP contribution in [-0.4, -0.2) is 50.5 Å². The van der Waals surface area contributed by atoms with E-state index >= 15 is 0 Å². The highest BCUT2D eigenvalue weighted by Gasteiger charge is 2.34. The van der Waals surface area contributed by atoms with Crippen molar-refractivity contribution in [1.82, 2.24) is 4.90 Å². The quantitative estimate of drug-likeness (QED) is 0.683. The molecule has 1 saturated heterocycles. The number of methoxy groups -OCH3 is 2. The normalized spacial score (nSPS) is 35.6. The molecule has 3 nitrogen and oxygen atoms in total. The minimum atomic E-state index is 0.496. The summed E-state index contributed by atoms with van der Waals surface area (Å²) < 4.78 is 10.7. The van der Waals surface area contributed by atoms with Crippen molar-refractivity contribution < 1.29 is 9.47 Å². The van der Waals surface area contributed by atoms with Gasteiger partial charge in [0, 0.05) is 33.4 Å². The van der Waals surface area contributed by atoms with Gasteiger partial charge in [-0.1, -0.05) is 0 Å². The summed E-state index contributed by atoms with van der Waals surface area (Å²) >= 11 is 0. The first-order valence-corrected chi connectivity index (χ1v) is 5.63. The van der Waals surface area contributed by atoms with Crippen LogP contribution in [0.2, 0.25) is 0 Å². The minimum Gasteiger partial charge on any atom is -0.381 e. The van der Waals surface area contributed by atoms with Crippen LogP contribution >= 0.6 is 0 Å². The Morgan fingerprint density at radius 3 is 1.93 bits per heavy atom. The zero-order valence-electron chi connectivity index (χ0n) is 9.24. The van der Waals surface area contributed by atoms with Crippen LogP contribution in [0.15, 0.2) is 0 Å². The van der Waals surface area contributed by atoms with Gasteiger partial charge in [-0.05, 0) is 25.7 Å². The Morgan fingerprint density at radius 1 is 0.857 bits per heavy atom. The molecule has 1 aliphatic heterocycles. The van der Waals surface area contributed by atoms with E-state index in [9.17, 15) is 0 Å². The zero-order chi connectivity index (χ0) is 9.97. The molecule has 0 amide bonds. The number of rotatable bonds is 3. The third-order valence-corrected chi connectivity index (χ3v) is 3.70. The van der Waals surface area contributed by atoms with E-state index in [-0.39, 0.29) is 0 Å². The molecule has 0 unspecified atom stereocenters. The van der Waals surface area contributed by atoms with E-state index < -0.39 is 0 Å². The van der Waals surface area contributed by atoms with Crippen molar-refractivity contribution in [3.05, 3.63) is 0 Å². The maximum absolute atomic E-state index is 5.37. The number of ether oxygens (including phenoxy) is 2. The van der Waals surface area contributed by atoms with E-state index in [2.05, 4.69) is 4.90 Å². The van der Waals surface area contributed by atoms with Crippen molar-refractivity contribution in [3.8, 4) is 0 Å². The Balaban J connectivity index is 1.69. The molecule has 82 valence electrons. The van der Waals surface area contributed by atoms with Gasteiger partial charge in [0.2, 0.25) is 0 Å². The molecule has 1 aliphatic carbocycles. The molecule has 0 aromatic heterocycles. The smallest absolute Gasteiger partial charge is 0.0825 e. The van der Waals surface area contributed by atoms with Gasteiger partial charge in [0.1, 0.15) is 0 Å². The molecule has 2 aliphatic rings. The summed E-state index contributed by atoms with van der Waals surface area (Å²) in [6.07, 6.45) is 6.08. The second-order valence-electron chi connectivity index (χ2n) is 4.48. The molecular formula is C11H21NO2. The van der Waals surface area contributed by atoms with Crippen molar-refractivity contribution in [2.45, 2.75) is 43.9 Å². The fourth-order valence-electron chi connectivity index (χ4n) is 2.56. The Labute approximate surface area is 86.4 Å². The van der Waals surface area contributed by atoms with E-state index in [4.69, 9.17) is 9.47 Å². The topological polar surface area (TPSA) is 21.7 Å². The second-order valence-corrected chi connectivity index (χ2v) is 4.48. The highest BCUT2D eigenvalue weighted by molar-refractivity contribution is 4.88. The van der Waals surface area contributed by atoms with Crippen LogP contribution in [0.3, 0.4) is 0 Å². The van der Waals surface area contributed by atoms with Gasteiger partial charge in [0.15, 0.2) is 0 Å². The van der Waals surface area contributed by atoms with E-state index in [1.807, 2.05) is 14.2 Å². The van der Waals surface area contributed by atoms with E-state index in [0.29, 0.717) is 12.2 Å². The molecule has 0 aromatic rings. The molecule has 0 aromatic carbocycles. The highest BCUT2D eigenvalue weighted by atomic mass is 16.5. The van der Waals surface area contributed by atoms with E-state index in [0.717, 1.165) is 19.1 Å². The summed E-state index contributed by atoms with van der Waals surface area (Å²) in [6, 6.07) is 0.799. The first kappa shape index (κ1) is 10.4. The Bertz CT molecular complexity index is 172. The van der Waals surface area contributed by atoms with Crippen molar-refractivity contribution in [1.29, 1.82) is 0 Å². The fourth-order valence-corrected chi connectivity index (χ4v) is 2.56. The van der Waals surface area contributed by atoms with Gasteiger partial charge in [0.05, 0.1) is 12.2 Å². The van der Waals surface area contributed by atoms with Crippen LogP contribution in [0, 0.1) is 0 Å². The molecule has 1 heterocycles. The number of likely N-dealkylation sites (tertiary alicyclic amines) is 1. The van der Waals surface area contributed by atoms with Gasteiger partial charge in [-0.15, -0.1) is 0 Å². The predicted molar refractivity (Wildman–Crippen MR) is 55.4 cm³/mol. The average Bonchev–Trinajstić information content (AvgIpc) is 2.17. The number of hydrogen-bond donors (Lipinski definition) is 0. The Morgan fingerprint density at radius 2 is 1.43 bits per heavy atom. The minimum absolute atomic E-state index is 0.496. The maximum atomic E-state index is 5.37. The largest absolute Gasteiger partial charge is 0.381 e. The molecule has 0 spiro atoms. The standard InChI is InChI=1S/C11H21NO2/c1-13-10-5-3-9(4-6-10)12-7-11(8-12)14-2/h9-11H,3-8H2,1-2H3. The molecule has 2 rings (SSSR count). The molecule has 2 fully saturated rings. The third kappa shape index (κ3) is 2.10. The van der Waals surface area contributed by atoms with Crippen LogP contribution in [-0.2, 0) is 9.47 Å². The molecule has 0 radical (unpaired) electrons. The van der Waals surface area contributed by atoms with E-state index in [1.165, 1.54) is 25.7 Å². The number of nitrogens with zero attached hydrogens (tertiary/aromatic N) is 1. The number of hydrogen-bond acceptors (Lipinski definition) is 3. The monoisotopic (exact) mass is 199 g/mol. The van der Waals surface area contributed by atoms with Gasteiger partial charge < -0.3 is 9.47 Å². The molecule has 1 saturated carbocycles. The maximum Gasteiger partial charge on any atom is 0.0825 e. The predicted octanol–water partition coefficient (Wildman–Crippen LogP) is 1.27. The van der Waals surface area contributed by atoms with Gasteiger partial charge >= 0.3 is 0 Å². The highest BCUT2D eigenvalue weighted by Crippen LogP contribution is 2.28. The van der Waals surface area contributed by atoms with Crippen molar-refractivity contribution in [3.63, 3.8) is 0 Å². The van der Waals surface area contributed by atoms with Crippen LogP contribution in [0.4, 0.5) is 0 Å². The first-order valence-electron chi connectivity index (χ1n) is 5.63. The summed E-state index contributed by atoms with van der Waals surface area (Å²) in [6.45, 7) is 2.28. The lowest BCUT2D eigenvalue weighted by Crippen LogP contribution is -2.57. The fraction of sp³-hybridized carbons (Fsp3) is 1.00. The molecule has 14 heavy (non-hydrogen) atoms. The summed E-state index contributed by atoms with van der Waals surface area (Å²) in [7, 11) is 3.64. The van der Waals surface area contributed by atoms with Crippen molar-refractivity contribution >= 4 is 0 Å². The first-order chi connectivity index (χ1) is 6.83. The summed E-state index contributed by atoms with van der Waals surface area (Å²) in [4.78, 5) is 2.56. The molecular weight excluding hydrogens is 178 g/mol. The Kier molecular flexibility index (Phi) is 3.42. The second kappa shape index (κ2) is 4.60. The summed E-state index contributed by atoms with van der Waals surface area (Å²) in [5.41, 5.74) is 0. The zero-order valence-corrected chi connectivity index (χ0v) is 9.24. The third-order valence-electron chi connectivity index (χ3n) is 3.70.